The van der Waals surface area contributed by atoms with E-state index in [9.17, 15) is 0 Å². The van der Waals surface area contributed by atoms with Crippen LogP contribution in [0, 0.1) is 5.92 Å². The summed E-state index contributed by atoms with van der Waals surface area (Å²) in [7, 11) is 7.27. The molecule has 0 aliphatic carbocycles. The standard InChI is InChI=1S/C22H38N4O2/c1-18(17-26-12-7-6-8-13-26)16-24-22(23-2)25(3)14-11-19-9-10-20(27-4)21(15-19)28-5/h9-10,15,18H,6-8,11-14,16-17H2,1-5H3,(H,23,24). The summed E-state index contributed by atoms with van der Waals surface area (Å²) in [5.74, 6) is 3.09. The van der Waals surface area contributed by atoms with Crippen molar-refractivity contribution in [1.82, 2.24) is 15.1 Å². The third-order valence-corrected chi connectivity index (χ3v) is 5.38. The lowest BCUT2D eigenvalue weighted by Gasteiger charge is -2.30. The van der Waals surface area contributed by atoms with E-state index in [1.54, 1.807) is 14.2 Å². The molecule has 0 spiro atoms. The first-order valence-corrected chi connectivity index (χ1v) is 10.4. The largest absolute Gasteiger partial charge is 0.493 e. The van der Waals surface area contributed by atoms with E-state index < -0.39 is 0 Å². The normalized spacial score (nSPS) is 16.5. The molecule has 1 unspecified atom stereocenters. The summed E-state index contributed by atoms with van der Waals surface area (Å²) < 4.78 is 10.7. The summed E-state index contributed by atoms with van der Waals surface area (Å²) in [6.07, 6.45) is 5.00. The minimum atomic E-state index is 0.606. The Kier molecular flexibility index (Phi) is 9.41. The summed E-state index contributed by atoms with van der Waals surface area (Å²) in [6.45, 7) is 7.83. The Morgan fingerprint density at radius 2 is 1.89 bits per heavy atom. The van der Waals surface area contributed by atoms with E-state index in [0.717, 1.165) is 37.0 Å². The highest BCUT2D eigenvalue weighted by molar-refractivity contribution is 5.79. The molecule has 0 saturated carbocycles. The van der Waals surface area contributed by atoms with Gasteiger partial charge in [-0.3, -0.25) is 4.99 Å². The van der Waals surface area contributed by atoms with Crippen molar-refractivity contribution in [1.29, 1.82) is 0 Å². The highest BCUT2D eigenvalue weighted by Crippen LogP contribution is 2.27. The summed E-state index contributed by atoms with van der Waals surface area (Å²) in [5, 5.41) is 3.54. The Balaban J connectivity index is 1.78. The molecule has 2 rings (SSSR count). The van der Waals surface area contributed by atoms with Crippen LogP contribution in [-0.4, -0.2) is 76.8 Å². The number of guanidine groups is 1. The summed E-state index contributed by atoms with van der Waals surface area (Å²) in [5.41, 5.74) is 1.22. The molecule has 1 aliphatic rings. The Hall–Kier alpha value is -1.95. The molecule has 1 N–H and O–H groups in total. The van der Waals surface area contributed by atoms with Crippen LogP contribution < -0.4 is 14.8 Å². The molecule has 1 aliphatic heterocycles. The number of aliphatic imine (C=N–C) groups is 1. The average Bonchev–Trinajstić information content (AvgIpc) is 2.73. The minimum absolute atomic E-state index is 0.606. The van der Waals surface area contributed by atoms with Gasteiger partial charge >= 0.3 is 0 Å². The number of nitrogens with zero attached hydrogens (tertiary/aromatic N) is 3. The molecule has 6 nitrogen and oxygen atoms in total. The molecular formula is C22H38N4O2. The highest BCUT2D eigenvalue weighted by Gasteiger charge is 2.14. The quantitative estimate of drug-likeness (QED) is 0.519. The predicted molar refractivity (Wildman–Crippen MR) is 117 cm³/mol. The van der Waals surface area contributed by atoms with E-state index in [1.807, 2.05) is 19.2 Å². The molecule has 28 heavy (non-hydrogen) atoms. The van der Waals surface area contributed by atoms with E-state index in [2.05, 4.69) is 40.1 Å². The van der Waals surface area contributed by atoms with E-state index in [-0.39, 0.29) is 0 Å². The Labute approximate surface area is 170 Å². The van der Waals surface area contributed by atoms with Gasteiger partial charge in [-0.15, -0.1) is 0 Å². The molecule has 0 radical (unpaired) electrons. The molecular weight excluding hydrogens is 352 g/mol. The average molecular weight is 391 g/mol. The first kappa shape index (κ1) is 22.3. The van der Waals surface area contributed by atoms with Crippen LogP contribution in [0.2, 0.25) is 0 Å². The van der Waals surface area contributed by atoms with Gasteiger partial charge in [0.25, 0.3) is 0 Å². The molecule has 6 heteroatoms. The monoisotopic (exact) mass is 390 g/mol. The van der Waals surface area contributed by atoms with Gasteiger partial charge < -0.3 is 24.6 Å². The first-order chi connectivity index (χ1) is 13.6. The SMILES string of the molecule is CN=C(NCC(C)CN1CCCCC1)N(C)CCc1ccc(OC)c(OC)c1. The van der Waals surface area contributed by atoms with Crippen molar-refractivity contribution in [3.05, 3.63) is 23.8 Å². The van der Waals surface area contributed by atoms with Gasteiger partial charge in [0.2, 0.25) is 0 Å². The highest BCUT2D eigenvalue weighted by atomic mass is 16.5. The van der Waals surface area contributed by atoms with Crippen LogP contribution in [0.4, 0.5) is 0 Å². The van der Waals surface area contributed by atoms with Crippen LogP contribution in [0.5, 0.6) is 11.5 Å². The predicted octanol–water partition coefficient (Wildman–Crippen LogP) is 2.88. The fourth-order valence-electron chi connectivity index (χ4n) is 3.74. The van der Waals surface area contributed by atoms with Gasteiger partial charge in [-0.1, -0.05) is 19.4 Å². The van der Waals surface area contributed by atoms with Crippen molar-refractivity contribution in [2.75, 3.05) is 61.0 Å². The molecule has 1 fully saturated rings. The number of nitrogens with one attached hydrogen (secondary N) is 1. The number of rotatable bonds is 9. The summed E-state index contributed by atoms with van der Waals surface area (Å²) in [4.78, 5) is 9.23. The van der Waals surface area contributed by atoms with Crippen molar-refractivity contribution >= 4 is 5.96 Å². The van der Waals surface area contributed by atoms with Crippen molar-refractivity contribution in [3.63, 3.8) is 0 Å². The van der Waals surface area contributed by atoms with Gasteiger partial charge in [0.1, 0.15) is 0 Å². The number of ether oxygens (including phenoxy) is 2. The van der Waals surface area contributed by atoms with Gasteiger partial charge in [-0.2, -0.15) is 0 Å². The Morgan fingerprint density at radius 1 is 1.18 bits per heavy atom. The fourth-order valence-corrected chi connectivity index (χ4v) is 3.74. The van der Waals surface area contributed by atoms with Gasteiger partial charge in [0.05, 0.1) is 14.2 Å². The zero-order chi connectivity index (χ0) is 20.4. The number of benzene rings is 1. The van der Waals surface area contributed by atoms with E-state index >= 15 is 0 Å². The number of methoxy groups -OCH3 is 2. The Morgan fingerprint density at radius 3 is 2.54 bits per heavy atom. The van der Waals surface area contributed by atoms with Crippen molar-refractivity contribution < 1.29 is 9.47 Å². The van der Waals surface area contributed by atoms with Gasteiger partial charge in [0, 0.05) is 33.7 Å². The van der Waals surface area contributed by atoms with Gasteiger partial charge in [-0.05, 0) is 56.0 Å². The lowest BCUT2D eigenvalue weighted by atomic mass is 10.1. The lowest BCUT2D eigenvalue weighted by molar-refractivity contribution is 0.200. The fraction of sp³-hybridized carbons (Fsp3) is 0.682. The van der Waals surface area contributed by atoms with Crippen molar-refractivity contribution in [3.8, 4) is 11.5 Å². The molecule has 158 valence electrons. The number of likely N-dealkylation sites (N-methyl/N-ethyl adjacent to an activating group) is 1. The maximum atomic E-state index is 5.40. The van der Waals surface area contributed by atoms with Crippen LogP contribution in [0.1, 0.15) is 31.7 Å². The molecule has 0 aromatic heterocycles. The second-order valence-electron chi connectivity index (χ2n) is 7.76. The third kappa shape index (κ3) is 6.89. The van der Waals surface area contributed by atoms with Crippen LogP contribution in [0.3, 0.4) is 0 Å². The van der Waals surface area contributed by atoms with Crippen LogP contribution in [0.15, 0.2) is 23.2 Å². The number of hydrogen-bond acceptors (Lipinski definition) is 4. The molecule has 1 heterocycles. The van der Waals surface area contributed by atoms with Crippen LogP contribution >= 0.6 is 0 Å². The molecule has 0 bridgehead atoms. The molecule has 1 saturated heterocycles. The first-order valence-electron chi connectivity index (χ1n) is 10.4. The van der Waals surface area contributed by atoms with Crippen molar-refractivity contribution in [2.24, 2.45) is 10.9 Å². The summed E-state index contributed by atoms with van der Waals surface area (Å²) in [6, 6.07) is 6.10. The summed E-state index contributed by atoms with van der Waals surface area (Å²) >= 11 is 0. The van der Waals surface area contributed by atoms with Gasteiger partial charge in [0.15, 0.2) is 17.5 Å². The maximum absolute atomic E-state index is 5.40. The molecule has 1 aromatic rings. The molecule has 1 aromatic carbocycles. The van der Waals surface area contributed by atoms with E-state index in [4.69, 9.17) is 9.47 Å². The van der Waals surface area contributed by atoms with Crippen LogP contribution in [-0.2, 0) is 6.42 Å². The molecule has 1 atom stereocenters. The minimum Gasteiger partial charge on any atom is -0.493 e. The number of hydrogen-bond donors (Lipinski definition) is 1. The van der Waals surface area contributed by atoms with E-state index in [1.165, 1.54) is 44.5 Å². The Bertz CT molecular complexity index is 615. The zero-order valence-corrected chi connectivity index (χ0v) is 18.3. The van der Waals surface area contributed by atoms with Crippen LogP contribution in [0.25, 0.3) is 0 Å². The van der Waals surface area contributed by atoms with Crippen molar-refractivity contribution in [2.45, 2.75) is 32.6 Å². The maximum Gasteiger partial charge on any atom is 0.193 e. The molecule has 0 amide bonds. The second-order valence-corrected chi connectivity index (χ2v) is 7.76. The van der Waals surface area contributed by atoms with Gasteiger partial charge in [-0.25, -0.2) is 0 Å². The lowest BCUT2D eigenvalue weighted by Crippen LogP contribution is -2.43. The zero-order valence-electron chi connectivity index (χ0n) is 18.3. The van der Waals surface area contributed by atoms with E-state index in [0.29, 0.717) is 5.92 Å². The topological polar surface area (TPSA) is 49.3 Å². The smallest absolute Gasteiger partial charge is 0.193 e. The third-order valence-electron chi connectivity index (χ3n) is 5.38. The number of likely N-dealkylation sites (tertiary alicyclic amines) is 1. The second kappa shape index (κ2) is 11.8. The number of piperidine rings is 1.